The van der Waals surface area contributed by atoms with Crippen LogP contribution in [0.1, 0.15) is 477 Å². The van der Waals surface area contributed by atoms with Crippen LogP contribution in [0.2, 0.25) is 0 Å². The van der Waals surface area contributed by atoms with Crippen molar-refractivity contribution >= 4 is 10.4 Å². The molecular weight excluding hydrogens is 1110 g/mol. The lowest BCUT2D eigenvalue weighted by Crippen LogP contribution is -2.41. The molecule has 0 N–H and O–H groups in total. The van der Waals surface area contributed by atoms with Crippen molar-refractivity contribution in [2.24, 2.45) is 0 Å². The smallest absolute Gasteiger partial charge is 0.0782 e. The van der Waals surface area contributed by atoms with Crippen molar-refractivity contribution in [1.29, 1.82) is 0 Å². The highest BCUT2D eigenvalue weighted by Gasteiger charge is 2.15. The van der Waals surface area contributed by atoms with Crippen LogP contribution < -0.4 is 0 Å². The number of rotatable bonds is 74. The van der Waals surface area contributed by atoms with Crippen LogP contribution in [-0.4, -0.2) is 80.9 Å². The first-order valence-corrected chi connectivity index (χ1v) is 42.9. The zero-order chi connectivity index (χ0) is 65.8. The average Bonchev–Trinajstić information content (AvgIpc) is 3.50. The van der Waals surface area contributed by atoms with Crippen LogP contribution in [-0.2, 0) is 10.4 Å². The molecule has 0 saturated heterocycles. The first-order valence-electron chi connectivity index (χ1n) is 41.5. The lowest BCUT2D eigenvalue weighted by atomic mass is 10.0. The van der Waals surface area contributed by atoms with E-state index >= 15 is 0 Å². The number of nitrogens with zero attached hydrogens (tertiary/aromatic N) is 2. The highest BCUT2D eigenvalue weighted by molar-refractivity contribution is 7.79. The van der Waals surface area contributed by atoms with Crippen molar-refractivity contribution in [1.82, 2.24) is 0 Å². The summed E-state index contributed by atoms with van der Waals surface area (Å²) in [5.41, 5.74) is 0. The van der Waals surface area contributed by atoms with Crippen LogP contribution in [0.25, 0.3) is 0 Å². The van der Waals surface area contributed by atoms with E-state index in [1.54, 1.807) is 0 Å². The Morgan fingerprint density at radius 2 is 0.236 bits per heavy atom. The number of hydrogen-bond acceptors (Lipinski definition) is 4. The molecule has 0 bridgehead atoms. The molecule has 540 valence electrons. The number of unbranched alkanes of at least 4 members (excludes halogenated alkanes) is 66. The normalized spacial score (nSPS) is 12.0. The third-order valence-electron chi connectivity index (χ3n) is 20.0. The first-order chi connectivity index (χ1) is 43.2. The lowest BCUT2D eigenvalue weighted by Gasteiger charge is -2.30. The minimum Gasteiger partial charge on any atom is -0.759 e. The van der Waals surface area contributed by atoms with Crippen LogP contribution in [0, 0.1) is 0 Å². The topological polar surface area (TPSA) is 80.3 Å². The SMILES string of the molecule is CCCCCCCCCCCCCCCCCCCCCC[N+](C)(C)CCCCCCCCCCCCCCCCC.CCCCCCCCCCCCCCCCCCCCCC[N+](C)(C)CCCCCCCCCCCCCCCCC.O=S(=O)([O-])[O-]. The Kier molecular flexibility index (Phi) is 82.0. The standard InChI is InChI=1S/2C41H86N.H2O4S/c2*1-5-7-9-11-13-15-17-19-21-22-23-24-25-27-29-31-33-35-37-39-41-42(3,4)40-38-36-34-32-30-28-26-20-18-16-14-12-10-8-6-2;1-5(2,3)4/h2*5-41H2,1-4H3;(H2,1,2,3,4)/q2*+1;/p-2. The zero-order valence-electron chi connectivity index (χ0n) is 63.3. The maximum Gasteiger partial charge on any atom is 0.0782 e. The van der Waals surface area contributed by atoms with Gasteiger partial charge in [-0.05, 0) is 51.4 Å². The predicted octanol–water partition coefficient (Wildman–Crippen LogP) is 28.2. The van der Waals surface area contributed by atoms with Crippen molar-refractivity contribution in [3.8, 4) is 0 Å². The molecule has 0 atom stereocenters. The van der Waals surface area contributed by atoms with Gasteiger partial charge in [-0.25, -0.2) is 0 Å². The van der Waals surface area contributed by atoms with Gasteiger partial charge < -0.3 is 18.1 Å². The van der Waals surface area contributed by atoms with Gasteiger partial charge in [-0.3, -0.25) is 8.42 Å². The molecule has 0 heterocycles. The van der Waals surface area contributed by atoms with Gasteiger partial charge in [0.15, 0.2) is 0 Å². The Balaban J connectivity index is -0.00000154. The molecular formula is C82H172N2O4S. The van der Waals surface area contributed by atoms with Gasteiger partial charge in [0.05, 0.1) is 54.4 Å². The second-order valence-corrected chi connectivity index (χ2v) is 31.3. The molecule has 0 aliphatic rings. The fourth-order valence-electron chi connectivity index (χ4n) is 13.6. The van der Waals surface area contributed by atoms with Gasteiger partial charge in [-0.1, -0.05) is 426 Å². The molecule has 0 rings (SSSR count). The van der Waals surface area contributed by atoms with Gasteiger partial charge in [0.25, 0.3) is 0 Å². The maximum absolute atomic E-state index is 8.52. The molecule has 0 radical (unpaired) electrons. The molecule has 0 aromatic heterocycles. The van der Waals surface area contributed by atoms with Gasteiger partial charge in [-0.2, -0.15) is 0 Å². The van der Waals surface area contributed by atoms with Gasteiger partial charge in [0.1, 0.15) is 0 Å². The molecule has 7 heteroatoms. The van der Waals surface area contributed by atoms with E-state index in [9.17, 15) is 0 Å². The van der Waals surface area contributed by atoms with Crippen LogP contribution in [0.3, 0.4) is 0 Å². The van der Waals surface area contributed by atoms with Gasteiger partial charge in [-0.15, -0.1) is 0 Å². The van der Waals surface area contributed by atoms with E-state index < -0.39 is 10.4 Å². The molecule has 6 nitrogen and oxygen atoms in total. The van der Waals surface area contributed by atoms with E-state index in [0.717, 1.165) is 0 Å². The van der Waals surface area contributed by atoms with E-state index in [1.165, 1.54) is 485 Å². The van der Waals surface area contributed by atoms with Gasteiger partial charge >= 0.3 is 0 Å². The molecule has 0 saturated carbocycles. The zero-order valence-corrected chi connectivity index (χ0v) is 64.1. The van der Waals surface area contributed by atoms with Crippen molar-refractivity contribution < 1.29 is 26.5 Å². The minimum absolute atomic E-state index is 1.25. The summed E-state index contributed by atoms with van der Waals surface area (Å²) in [6, 6.07) is 0. The minimum atomic E-state index is -5.17. The monoisotopic (exact) mass is 1280 g/mol. The quantitative estimate of drug-likeness (QED) is 0.0263. The van der Waals surface area contributed by atoms with Gasteiger partial charge in [0, 0.05) is 10.4 Å². The molecule has 0 amide bonds. The molecule has 0 aromatic rings. The first kappa shape index (κ1) is 93.0. The summed E-state index contributed by atoms with van der Waals surface area (Å²) in [7, 11) is 4.72. The van der Waals surface area contributed by atoms with Crippen molar-refractivity contribution in [3.05, 3.63) is 0 Å². The average molecular weight is 1280 g/mol. The number of hydrogen-bond donors (Lipinski definition) is 0. The molecule has 0 spiro atoms. The Hall–Kier alpha value is -0.210. The van der Waals surface area contributed by atoms with Crippen molar-refractivity contribution in [2.45, 2.75) is 477 Å². The fraction of sp³-hybridized carbons (Fsp3) is 1.00. The summed E-state index contributed by atoms with van der Waals surface area (Å²) in [4.78, 5) is 0. The van der Waals surface area contributed by atoms with E-state index in [1.807, 2.05) is 0 Å². The Bertz CT molecular complexity index is 1260. The third kappa shape index (κ3) is 96.6. The molecule has 0 fully saturated rings. The summed E-state index contributed by atoms with van der Waals surface area (Å²) < 4.78 is 36.6. The lowest BCUT2D eigenvalue weighted by molar-refractivity contribution is -0.890. The Morgan fingerprint density at radius 1 is 0.169 bits per heavy atom. The van der Waals surface area contributed by atoms with Gasteiger partial charge in [0.2, 0.25) is 0 Å². The van der Waals surface area contributed by atoms with E-state index in [-0.39, 0.29) is 0 Å². The Labute approximate surface area is 565 Å². The third-order valence-corrected chi connectivity index (χ3v) is 20.0. The summed E-state index contributed by atoms with van der Waals surface area (Å²) >= 11 is 0. The predicted molar refractivity (Wildman–Crippen MR) is 400 cm³/mol. The van der Waals surface area contributed by atoms with Crippen LogP contribution in [0.5, 0.6) is 0 Å². The molecule has 0 aromatic carbocycles. The summed E-state index contributed by atoms with van der Waals surface area (Å²) in [6.45, 7) is 14.8. The summed E-state index contributed by atoms with van der Waals surface area (Å²) in [5.74, 6) is 0. The fourth-order valence-corrected chi connectivity index (χ4v) is 13.6. The molecule has 0 aliphatic heterocycles. The second kappa shape index (κ2) is 78.5. The summed E-state index contributed by atoms with van der Waals surface area (Å²) in [6.07, 6.45) is 103. The van der Waals surface area contributed by atoms with Crippen LogP contribution in [0.15, 0.2) is 0 Å². The van der Waals surface area contributed by atoms with E-state index in [2.05, 4.69) is 55.9 Å². The van der Waals surface area contributed by atoms with Crippen LogP contribution >= 0.6 is 0 Å². The molecule has 0 aliphatic carbocycles. The van der Waals surface area contributed by atoms with Crippen molar-refractivity contribution in [3.63, 3.8) is 0 Å². The highest BCUT2D eigenvalue weighted by atomic mass is 32.3. The summed E-state index contributed by atoms with van der Waals surface area (Å²) in [5, 5.41) is 0. The van der Waals surface area contributed by atoms with Crippen LogP contribution in [0.4, 0.5) is 0 Å². The largest absolute Gasteiger partial charge is 0.759 e. The van der Waals surface area contributed by atoms with E-state index in [0.29, 0.717) is 0 Å². The van der Waals surface area contributed by atoms with E-state index in [4.69, 9.17) is 17.5 Å². The molecule has 0 unspecified atom stereocenters. The Morgan fingerprint density at radius 3 is 0.315 bits per heavy atom. The highest BCUT2D eigenvalue weighted by Crippen LogP contribution is 2.20. The second-order valence-electron chi connectivity index (χ2n) is 30.5. The maximum atomic E-state index is 8.52. The number of quaternary nitrogens is 2. The van der Waals surface area contributed by atoms with Crippen molar-refractivity contribution in [2.75, 3.05) is 54.4 Å². The molecule has 89 heavy (non-hydrogen) atoms.